The summed E-state index contributed by atoms with van der Waals surface area (Å²) in [5.41, 5.74) is 0.430. The van der Waals surface area contributed by atoms with Gasteiger partial charge in [-0.25, -0.2) is 0 Å². The van der Waals surface area contributed by atoms with Gasteiger partial charge in [-0.2, -0.15) is 0 Å². The van der Waals surface area contributed by atoms with E-state index in [1.54, 1.807) is 0 Å². The first-order valence-electron chi connectivity index (χ1n) is 7.43. The zero-order valence-corrected chi connectivity index (χ0v) is 13.4. The lowest BCUT2D eigenvalue weighted by atomic mass is 9.72. The molecule has 0 aromatic heterocycles. The molecule has 1 nitrogen and oxygen atoms in total. The van der Waals surface area contributed by atoms with Crippen LogP contribution in [0.2, 0.25) is 0 Å². The molecule has 1 N–H and O–H groups in total. The Morgan fingerprint density at radius 2 is 1.47 bits per heavy atom. The van der Waals surface area contributed by atoms with Gasteiger partial charge < -0.3 is 5.32 Å². The number of nitrogens with one attached hydrogen (secondary N) is 1. The Labute approximate surface area is 110 Å². The van der Waals surface area contributed by atoms with E-state index >= 15 is 0 Å². The minimum Gasteiger partial charge on any atom is -0.314 e. The molecule has 0 aliphatic rings. The van der Waals surface area contributed by atoms with Crippen molar-refractivity contribution < 1.29 is 0 Å². The van der Waals surface area contributed by atoms with Gasteiger partial charge in [-0.15, -0.1) is 0 Å². The maximum Gasteiger partial charge on any atom is 0.00644 e. The molecule has 0 aromatic carbocycles. The Bertz CT molecular complexity index is 192. The molecule has 0 heterocycles. The van der Waals surface area contributed by atoms with Gasteiger partial charge in [-0.05, 0) is 49.5 Å². The van der Waals surface area contributed by atoms with Crippen LogP contribution in [-0.4, -0.2) is 12.6 Å². The zero-order valence-electron chi connectivity index (χ0n) is 13.4. The summed E-state index contributed by atoms with van der Waals surface area (Å²) in [5, 5.41) is 3.62. The fourth-order valence-electron chi connectivity index (χ4n) is 2.42. The summed E-state index contributed by atoms with van der Waals surface area (Å²) in [5.74, 6) is 2.35. The van der Waals surface area contributed by atoms with Gasteiger partial charge in [0.05, 0.1) is 0 Å². The van der Waals surface area contributed by atoms with E-state index in [9.17, 15) is 0 Å². The normalized spacial score (nSPS) is 19.8. The van der Waals surface area contributed by atoms with Crippen molar-refractivity contribution in [2.24, 2.45) is 23.2 Å². The van der Waals surface area contributed by atoms with E-state index in [4.69, 9.17) is 0 Å². The van der Waals surface area contributed by atoms with Crippen LogP contribution in [0, 0.1) is 23.2 Å². The minimum atomic E-state index is 0.430. The number of rotatable bonds is 7. The summed E-state index contributed by atoms with van der Waals surface area (Å²) in [6, 6.07) is 0.643. The van der Waals surface area contributed by atoms with Gasteiger partial charge in [0.2, 0.25) is 0 Å². The monoisotopic (exact) mass is 241 g/mol. The van der Waals surface area contributed by atoms with Gasteiger partial charge in [-0.3, -0.25) is 0 Å². The van der Waals surface area contributed by atoms with E-state index in [1.807, 2.05) is 0 Å². The summed E-state index contributed by atoms with van der Waals surface area (Å²) in [7, 11) is 0. The van der Waals surface area contributed by atoms with E-state index in [2.05, 4.69) is 60.7 Å². The molecule has 0 rings (SSSR count). The second kappa shape index (κ2) is 7.41. The standard InChI is InChI=1S/C16H35N/c1-9-10-17-15(5)13(3)11-12(2)14(4)16(6,7)8/h12-15,17H,9-11H2,1-8H3. The Morgan fingerprint density at radius 3 is 1.88 bits per heavy atom. The highest BCUT2D eigenvalue weighted by atomic mass is 14.9. The third-order valence-electron chi connectivity index (χ3n) is 4.53. The molecule has 0 spiro atoms. The second-order valence-corrected chi connectivity index (χ2v) is 7.09. The SMILES string of the molecule is CCCNC(C)C(C)CC(C)C(C)C(C)(C)C. The molecule has 0 saturated carbocycles. The van der Waals surface area contributed by atoms with Gasteiger partial charge in [0.15, 0.2) is 0 Å². The largest absolute Gasteiger partial charge is 0.314 e. The van der Waals surface area contributed by atoms with Gasteiger partial charge >= 0.3 is 0 Å². The van der Waals surface area contributed by atoms with Crippen LogP contribution >= 0.6 is 0 Å². The number of hydrogen-bond donors (Lipinski definition) is 1. The molecule has 0 fully saturated rings. The lowest BCUT2D eigenvalue weighted by molar-refractivity contribution is 0.159. The molecular weight excluding hydrogens is 206 g/mol. The lowest BCUT2D eigenvalue weighted by Crippen LogP contribution is -2.35. The van der Waals surface area contributed by atoms with Gasteiger partial charge in [0.25, 0.3) is 0 Å². The predicted molar refractivity (Wildman–Crippen MR) is 79.3 cm³/mol. The molecule has 1 heteroatoms. The highest BCUT2D eigenvalue weighted by Crippen LogP contribution is 2.35. The smallest absolute Gasteiger partial charge is 0.00644 e. The number of hydrogen-bond acceptors (Lipinski definition) is 1. The van der Waals surface area contributed by atoms with Gasteiger partial charge in [0.1, 0.15) is 0 Å². The van der Waals surface area contributed by atoms with Crippen molar-refractivity contribution in [2.45, 2.75) is 74.3 Å². The Kier molecular flexibility index (Phi) is 7.39. The molecule has 0 aromatic rings. The maximum absolute atomic E-state index is 3.62. The molecule has 0 saturated heterocycles. The summed E-state index contributed by atoms with van der Waals surface area (Å²) < 4.78 is 0. The van der Waals surface area contributed by atoms with E-state index in [-0.39, 0.29) is 0 Å². The van der Waals surface area contributed by atoms with Crippen LogP contribution in [0.5, 0.6) is 0 Å². The van der Waals surface area contributed by atoms with Crippen LogP contribution in [0.3, 0.4) is 0 Å². The Morgan fingerprint density at radius 1 is 0.941 bits per heavy atom. The van der Waals surface area contributed by atoms with E-state index in [1.165, 1.54) is 12.8 Å². The van der Waals surface area contributed by atoms with Crippen LogP contribution in [-0.2, 0) is 0 Å². The molecule has 0 amide bonds. The molecule has 0 radical (unpaired) electrons. The Balaban J connectivity index is 4.14. The maximum atomic E-state index is 3.62. The highest BCUT2D eigenvalue weighted by Gasteiger charge is 2.27. The highest BCUT2D eigenvalue weighted by molar-refractivity contribution is 4.78. The summed E-state index contributed by atoms with van der Waals surface area (Å²) in [4.78, 5) is 0. The summed E-state index contributed by atoms with van der Waals surface area (Å²) in [6.07, 6.45) is 2.56. The molecule has 0 aliphatic carbocycles. The third kappa shape index (κ3) is 6.45. The van der Waals surface area contributed by atoms with Crippen molar-refractivity contribution in [3.05, 3.63) is 0 Å². The van der Waals surface area contributed by atoms with Crippen LogP contribution in [0.15, 0.2) is 0 Å². The molecule has 104 valence electrons. The molecule has 4 atom stereocenters. The van der Waals surface area contributed by atoms with E-state index in [0.717, 1.165) is 24.3 Å². The van der Waals surface area contributed by atoms with Gasteiger partial charge in [0, 0.05) is 6.04 Å². The van der Waals surface area contributed by atoms with E-state index in [0.29, 0.717) is 11.5 Å². The van der Waals surface area contributed by atoms with Crippen molar-refractivity contribution in [2.75, 3.05) is 6.54 Å². The zero-order chi connectivity index (χ0) is 13.6. The van der Waals surface area contributed by atoms with Crippen LogP contribution in [0.25, 0.3) is 0 Å². The second-order valence-electron chi connectivity index (χ2n) is 7.09. The summed E-state index contributed by atoms with van der Waals surface area (Å²) >= 11 is 0. The first-order valence-corrected chi connectivity index (χ1v) is 7.43. The molecule has 0 bridgehead atoms. The van der Waals surface area contributed by atoms with Crippen LogP contribution in [0.1, 0.15) is 68.2 Å². The van der Waals surface area contributed by atoms with Crippen LogP contribution in [0.4, 0.5) is 0 Å². The minimum absolute atomic E-state index is 0.430. The third-order valence-corrected chi connectivity index (χ3v) is 4.53. The van der Waals surface area contributed by atoms with Crippen molar-refractivity contribution in [1.29, 1.82) is 0 Å². The fourth-order valence-corrected chi connectivity index (χ4v) is 2.42. The molecule has 0 aliphatic heterocycles. The molecule has 4 unspecified atom stereocenters. The quantitative estimate of drug-likeness (QED) is 0.680. The van der Waals surface area contributed by atoms with Crippen molar-refractivity contribution in [3.63, 3.8) is 0 Å². The summed E-state index contributed by atoms with van der Waals surface area (Å²) in [6.45, 7) is 20.0. The topological polar surface area (TPSA) is 12.0 Å². The fraction of sp³-hybridized carbons (Fsp3) is 1.00. The van der Waals surface area contributed by atoms with Gasteiger partial charge in [-0.1, -0.05) is 48.5 Å². The average molecular weight is 241 g/mol. The first-order chi connectivity index (χ1) is 7.70. The Hall–Kier alpha value is -0.0400. The average Bonchev–Trinajstić information content (AvgIpc) is 2.23. The van der Waals surface area contributed by atoms with Crippen LogP contribution < -0.4 is 5.32 Å². The van der Waals surface area contributed by atoms with Crippen molar-refractivity contribution in [1.82, 2.24) is 5.32 Å². The molecule has 17 heavy (non-hydrogen) atoms. The first kappa shape index (κ1) is 17.0. The van der Waals surface area contributed by atoms with Crippen molar-refractivity contribution in [3.8, 4) is 0 Å². The predicted octanol–water partition coefficient (Wildman–Crippen LogP) is 4.72. The molecular formula is C16H35N. The van der Waals surface area contributed by atoms with E-state index < -0.39 is 0 Å². The lowest BCUT2D eigenvalue weighted by Gasteiger charge is -2.35. The van der Waals surface area contributed by atoms with Crippen molar-refractivity contribution >= 4 is 0 Å².